The van der Waals surface area contributed by atoms with Gasteiger partial charge in [-0.05, 0) is 6.08 Å². The number of hydrogen-bond acceptors (Lipinski definition) is 3. The van der Waals surface area contributed by atoms with Crippen LogP contribution in [0.15, 0.2) is 17.3 Å². The van der Waals surface area contributed by atoms with Crippen LogP contribution >= 0.6 is 0 Å². The van der Waals surface area contributed by atoms with Gasteiger partial charge in [-0.2, -0.15) is 4.91 Å². The molecule has 0 aromatic heterocycles. The zero-order valence-corrected chi connectivity index (χ0v) is 6.20. The average Bonchev–Trinajstić information content (AvgIpc) is 1.88. The van der Waals surface area contributed by atoms with Gasteiger partial charge in [0.1, 0.15) is 0 Å². The molecule has 0 bridgehead atoms. The number of nitrogens with zero attached hydrogens (tertiary/aromatic N) is 1. The van der Waals surface area contributed by atoms with Crippen LogP contribution in [-0.2, 0) is 4.79 Å². The van der Waals surface area contributed by atoms with Crippen molar-refractivity contribution in [3.05, 3.63) is 17.1 Å². The lowest BCUT2D eigenvalue weighted by Crippen LogP contribution is -2.01. The van der Waals surface area contributed by atoms with Crippen molar-refractivity contribution in [2.24, 2.45) is 11.1 Å². The van der Waals surface area contributed by atoms with Gasteiger partial charge in [-0.15, -0.1) is 0 Å². The average molecular weight is 141 g/mol. The zero-order valence-electron chi connectivity index (χ0n) is 6.20. The van der Waals surface area contributed by atoms with E-state index in [0.29, 0.717) is 0 Å². The van der Waals surface area contributed by atoms with Crippen LogP contribution in [0, 0.1) is 10.8 Å². The molecule has 0 heterocycles. The van der Waals surface area contributed by atoms with Gasteiger partial charge < -0.3 is 0 Å². The van der Waals surface area contributed by atoms with Crippen LogP contribution in [0.5, 0.6) is 0 Å². The fourth-order valence-corrected chi connectivity index (χ4v) is 0.404. The minimum Gasteiger partial charge on any atom is -0.295 e. The van der Waals surface area contributed by atoms with E-state index in [2.05, 4.69) is 5.18 Å². The van der Waals surface area contributed by atoms with E-state index in [-0.39, 0.29) is 18.2 Å². The molecule has 0 atom stereocenters. The Balaban J connectivity index is 3.66. The second-order valence-electron chi connectivity index (χ2n) is 2.27. The van der Waals surface area contributed by atoms with Crippen LogP contribution in [0.25, 0.3) is 0 Å². The summed E-state index contributed by atoms with van der Waals surface area (Å²) in [5.74, 6) is 0.0338. The molecule has 0 aromatic carbocycles. The molecular weight excluding hydrogens is 130 g/mol. The van der Waals surface area contributed by atoms with Gasteiger partial charge in [0.15, 0.2) is 5.78 Å². The molecule has 0 saturated heterocycles. The van der Waals surface area contributed by atoms with Crippen LogP contribution in [0.4, 0.5) is 0 Å². The van der Waals surface area contributed by atoms with E-state index in [1.54, 1.807) is 13.8 Å². The first-order chi connectivity index (χ1) is 4.68. The molecule has 0 fully saturated rings. The summed E-state index contributed by atoms with van der Waals surface area (Å²) < 4.78 is 0. The quantitative estimate of drug-likeness (QED) is 0.440. The summed E-state index contributed by atoms with van der Waals surface area (Å²) in [6, 6.07) is 0. The lowest BCUT2D eigenvalue weighted by Gasteiger charge is -1.94. The highest BCUT2D eigenvalue weighted by Gasteiger charge is 2.00. The molecule has 0 unspecified atom stereocenters. The molecule has 10 heavy (non-hydrogen) atoms. The van der Waals surface area contributed by atoms with Gasteiger partial charge >= 0.3 is 0 Å². The Kier molecular flexibility index (Phi) is 4.37. The van der Waals surface area contributed by atoms with Crippen molar-refractivity contribution in [2.45, 2.75) is 13.8 Å². The SMILES string of the molecule is CC(C)C(=O)/C=C/CN=O. The molecule has 56 valence electrons. The van der Waals surface area contributed by atoms with E-state index in [4.69, 9.17) is 0 Å². The monoisotopic (exact) mass is 141 g/mol. The van der Waals surface area contributed by atoms with Crippen molar-refractivity contribution >= 4 is 5.78 Å². The van der Waals surface area contributed by atoms with Crippen LogP contribution in [0.1, 0.15) is 13.8 Å². The van der Waals surface area contributed by atoms with Gasteiger partial charge in [0.25, 0.3) is 0 Å². The first-order valence-corrected chi connectivity index (χ1v) is 3.18. The van der Waals surface area contributed by atoms with E-state index in [1.165, 1.54) is 12.2 Å². The third-order valence-electron chi connectivity index (χ3n) is 1.03. The molecule has 0 aromatic rings. The van der Waals surface area contributed by atoms with Crippen molar-refractivity contribution < 1.29 is 4.79 Å². The fourth-order valence-electron chi connectivity index (χ4n) is 0.404. The maximum atomic E-state index is 10.8. The highest BCUT2D eigenvalue weighted by atomic mass is 16.3. The number of hydrogen-bond donors (Lipinski definition) is 0. The molecule has 0 saturated carbocycles. The van der Waals surface area contributed by atoms with Crippen LogP contribution < -0.4 is 0 Å². The summed E-state index contributed by atoms with van der Waals surface area (Å²) in [7, 11) is 0. The van der Waals surface area contributed by atoms with E-state index >= 15 is 0 Å². The molecule has 0 aliphatic carbocycles. The van der Waals surface area contributed by atoms with Gasteiger partial charge in [-0.25, -0.2) is 0 Å². The highest BCUT2D eigenvalue weighted by Crippen LogP contribution is 1.94. The predicted molar refractivity (Wildman–Crippen MR) is 39.6 cm³/mol. The number of allylic oxidation sites excluding steroid dienone is 1. The van der Waals surface area contributed by atoms with Crippen LogP contribution in [0.2, 0.25) is 0 Å². The van der Waals surface area contributed by atoms with Crippen molar-refractivity contribution in [3.63, 3.8) is 0 Å². The normalized spacial score (nSPS) is 10.7. The maximum absolute atomic E-state index is 10.8. The molecule has 0 amide bonds. The van der Waals surface area contributed by atoms with Gasteiger partial charge in [0.05, 0.1) is 6.54 Å². The fraction of sp³-hybridized carbons (Fsp3) is 0.571. The molecule has 0 aliphatic rings. The number of carbonyl (C=O) groups excluding carboxylic acids is 1. The molecule has 0 rings (SSSR count). The molecule has 0 spiro atoms. The maximum Gasteiger partial charge on any atom is 0.157 e. The first-order valence-electron chi connectivity index (χ1n) is 3.18. The summed E-state index contributed by atoms with van der Waals surface area (Å²) in [4.78, 5) is 20.3. The number of carbonyl (C=O) groups is 1. The van der Waals surface area contributed by atoms with E-state index in [1.807, 2.05) is 0 Å². The zero-order chi connectivity index (χ0) is 7.98. The summed E-state index contributed by atoms with van der Waals surface area (Å²) in [5, 5.41) is 2.58. The van der Waals surface area contributed by atoms with E-state index in [0.717, 1.165) is 0 Å². The van der Waals surface area contributed by atoms with E-state index in [9.17, 15) is 9.70 Å². The lowest BCUT2D eigenvalue weighted by atomic mass is 10.1. The summed E-state index contributed by atoms with van der Waals surface area (Å²) in [6.45, 7) is 3.69. The minimum atomic E-state index is 0.00269. The number of nitroso groups, excluding NO2 is 1. The molecule has 0 aliphatic heterocycles. The number of ketones is 1. The Labute approximate surface area is 60.1 Å². The van der Waals surface area contributed by atoms with Crippen LogP contribution in [-0.4, -0.2) is 12.3 Å². The Morgan fingerprint density at radius 1 is 1.60 bits per heavy atom. The summed E-state index contributed by atoms with van der Waals surface area (Å²) in [6.07, 6.45) is 2.86. The van der Waals surface area contributed by atoms with Crippen LogP contribution in [0.3, 0.4) is 0 Å². The number of rotatable bonds is 4. The predicted octanol–water partition coefficient (Wildman–Crippen LogP) is 1.53. The molecule has 0 radical (unpaired) electrons. The van der Waals surface area contributed by atoms with Gasteiger partial charge in [0, 0.05) is 5.92 Å². The Morgan fingerprint density at radius 2 is 2.20 bits per heavy atom. The van der Waals surface area contributed by atoms with Crippen molar-refractivity contribution in [2.75, 3.05) is 6.54 Å². The highest BCUT2D eigenvalue weighted by molar-refractivity contribution is 5.91. The Bertz CT molecular complexity index is 150. The molecule has 3 heteroatoms. The largest absolute Gasteiger partial charge is 0.295 e. The van der Waals surface area contributed by atoms with Crippen molar-refractivity contribution in [3.8, 4) is 0 Å². The Hall–Kier alpha value is -0.990. The van der Waals surface area contributed by atoms with Gasteiger partial charge in [0.2, 0.25) is 0 Å². The molecule has 3 nitrogen and oxygen atoms in total. The second kappa shape index (κ2) is 4.85. The standard InChI is InChI=1S/C7H11NO2/c1-6(2)7(9)4-3-5-8-10/h3-4,6H,5H2,1-2H3/b4-3+. The Morgan fingerprint density at radius 3 is 2.60 bits per heavy atom. The third kappa shape index (κ3) is 3.95. The second-order valence-corrected chi connectivity index (χ2v) is 2.27. The van der Waals surface area contributed by atoms with E-state index < -0.39 is 0 Å². The van der Waals surface area contributed by atoms with Gasteiger partial charge in [-0.3, -0.25) is 4.79 Å². The third-order valence-corrected chi connectivity index (χ3v) is 1.03. The lowest BCUT2D eigenvalue weighted by molar-refractivity contribution is -0.117. The summed E-state index contributed by atoms with van der Waals surface area (Å²) >= 11 is 0. The van der Waals surface area contributed by atoms with Gasteiger partial charge in [-0.1, -0.05) is 25.1 Å². The molecular formula is C7H11NO2. The minimum absolute atomic E-state index is 0.00269. The first kappa shape index (κ1) is 9.01. The van der Waals surface area contributed by atoms with Crippen molar-refractivity contribution in [1.82, 2.24) is 0 Å². The smallest absolute Gasteiger partial charge is 0.157 e. The summed E-state index contributed by atoms with van der Waals surface area (Å²) in [5.41, 5.74) is 0. The van der Waals surface area contributed by atoms with Crippen molar-refractivity contribution in [1.29, 1.82) is 0 Å². The topological polar surface area (TPSA) is 46.5 Å². The molecule has 0 N–H and O–H groups in total.